The number of benzene rings is 2. The number of hydrogen-bond acceptors (Lipinski definition) is 4. The van der Waals surface area contributed by atoms with Gasteiger partial charge in [-0.05, 0) is 44.2 Å². The molecule has 2 heterocycles. The molecule has 4 nitrogen and oxygen atoms in total. The van der Waals surface area contributed by atoms with Gasteiger partial charge in [0, 0.05) is 28.1 Å². The summed E-state index contributed by atoms with van der Waals surface area (Å²) in [5.74, 6) is 0.0716. The first-order valence-electron chi connectivity index (χ1n) is 8.47. The van der Waals surface area contributed by atoms with E-state index in [1.165, 1.54) is 13.8 Å². The van der Waals surface area contributed by atoms with Gasteiger partial charge < -0.3 is 0 Å². The zero-order valence-electron chi connectivity index (χ0n) is 15.2. The Hall–Kier alpha value is -2.82. The second-order valence-electron chi connectivity index (χ2n) is 6.18. The highest BCUT2D eigenvalue weighted by molar-refractivity contribution is 6.35. The molecule has 6 heteroatoms. The number of ketones is 2. The molecule has 2 aromatic heterocycles. The highest BCUT2D eigenvalue weighted by Crippen LogP contribution is 2.22. The standard InChI is InChI=1S/2C11H8ClNO/c1-7(14)8-2-3-9-10(12)4-5-13-11(9)6-8;1-7(14)9-3-2-8-4-5-11(12)13-10(8)6-9/h2*2-6H,1H3. The fourth-order valence-corrected chi connectivity index (χ4v) is 3.01. The predicted octanol–water partition coefficient (Wildman–Crippen LogP) is 6.18. The Bertz CT molecular complexity index is 1180. The molecule has 0 radical (unpaired) electrons. The van der Waals surface area contributed by atoms with E-state index >= 15 is 0 Å². The molecular formula is C22H16Cl2N2O2. The van der Waals surface area contributed by atoms with Crippen LogP contribution in [0.15, 0.2) is 60.8 Å². The molecule has 0 aliphatic heterocycles. The van der Waals surface area contributed by atoms with Crippen LogP contribution in [0.25, 0.3) is 21.8 Å². The molecule has 4 rings (SSSR count). The van der Waals surface area contributed by atoms with Crippen LogP contribution in [0.2, 0.25) is 10.2 Å². The third-order valence-electron chi connectivity index (χ3n) is 4.16. The van der Waals surface area contributed by atoms with Crippen LogP contribution in [0.4, 0.5) is 0 Å². The van der Waals surface area contributed by atoms with Crippen molar-refractivity contribution >= 4 is 56.6 Å². The monoisotopic (exact) mass is 410 g/mol. The normalized spacial score (nSPS) is 10.4. The number of rotatable bonds is 2. The number of Topliss-reactive ketones (excluding diaryl/α,β-unsaturated/α-hetero) is 2. The minimum absolute atomic E-state index is 0.0358. The highest BCUT2D eigenvalue weighted by atomic mass is 35.5. The zero-order valence-corrected chi connectivity index (χ0v) is 16.8. The molecule has 0 saturated carbocycles. The van der Waals surface area contributed by atoms with E-state index in [2.05, 4.69) is 9.97 Å². The molecule has 0 amide bonds. The summed E-state index contributed by atoms with van der Waals surface area (Å²) >= 11 is 11.7. The minimum atomic E-state index is 0.0358. The van der Waals surface area contributed by atoms with Gasteiger partial charge >= 0.3 is 0 Å². The summed E-state index contributed by atoms with van der Waals surface area (Å²) in [4.78, 5) is 30.5. The maximum atomic E-state index is 11.1. The summed E-state index contributed by atoms with van der Waals surface area (Å²) in [6.07, 6.45) is 1.63. The van der Waals surface area contributed by atoms with Crippen LogP contribution in [0.1, 0.15) is 34.6 Å². The summed E-state index contributed by atoms with van der Waals surface area (Å²) in [5.41, 5.74) is 2.83. The third kappa shape index (κ3) is 4.53. The SMILES string of the molecule is CC(=O)c1ccc2c(Cl)ccnc2c1.CC(=O)c1ccc2ccc(Cl)nc2c1. The summed E-state index contributed by atoms with van der Waals surface area (Å²) in [6, 6.07) is 16.1. The van der Waals surface area contributed by atoms with Gasteiger partial charge in [0.25, 0.3) is 0 Å². The molecule has 0 spiro atoms. The number of hydrogen-bond donors (Lipinski definition) is 0. The molecular weight excluding hydrogens is 395 g/mol. The van der Waals surface area contributed by atoms with Crippen molar-refractivity contribution in [1.29, 1.82) is 0 Å². The van der Waals surface area contributed by atoms with E-state index in [1.54, 1.807) is 42.6 Å². The first-order valence-corrected chi connectivity index (χ1v) is 9.23. The van der Waals surface area contributed by atoms with Crippen LogP contribution in [0, 0.1) is 0 Å². The van der Waals surface area contributed by atoms with Crippen LogP contribution in [0.5, 0.6) is 0 Å². The maximum absolute atomic E-state index is 11.1. The Morgan fingerprint density at radius 3 is 2.07 bits per heavy atom. The Labute approximate surface area is 172 Å². The molecule has 0 bridgehead atoms. The molecule has 0 saturated heterocycles. The highest BCUT2D eigenvalue weighted by Gasteiger charge is 2.04. The van der Waals surface area contributed by atoms with Crippen molar-refractivity contribution in [2.75, 3.05) is 0 Å². The van der Waals surface area contributed by atoms with Crippen LogP contribution >= 0.6 is 23.2 Å². The smallest absolute Gasteiger partial charge is 0.159 e. The number of pyridine rings is 2. The van der Waals surface area contributed by atoms with Crippen molar-refractivity contribution in [3.05, 3.63) is 82.1 Å². The van der Waals surface area contributed by atoms with Gasteiger partial charge in [-0.15, -0.1) is 0 Å². The largest absolute Gasteiger partial charge is 0.295 e. The van der Waals surface area contributed by atoms with Gasteiger partial charge in [0.1, 0.15) is 5.15 Å². The van der Waals surface area contributed by atoms with Gasteiger partial charge in [-0.2, -0.15) is 0 Å². The molecule has 4 aromatic rings. The predicted molar refractivity (Wildman–Crippen MR) is 114 cm³/mol. The van der Waals surface area contributed by atoms with Crippen molar-refractivity contribution in [3.8, 4) is 0 Å². The van der Waals surface area contributed by atoms with E-state index in [-0.39, 0.29) is 11.6 Å². The Morgan fingerprint density at radius 1 is 0.786 bits per heavy atom. The molecule has 2 aromatic carbocycles. The van der Waals surface area contributed by atoms with E-state index in [0.717, 1.165) is 21.8 Å². The van der Waals surface area contributed by atoms with Crippen molar-refractivity contribution in [2.45, 2.75) is 13.8 Å². The fourth-order valence-electron chi connectivity index (χ4n) is 2.64. The lowest BCUT2D eigenvalue weighted by Gasteiger charge is -2.00. The van der Waals surface area contributed by atoms with Gasteiger partial charge in [0.05, 0.1) is 16.1 Å². The van der Waals surface area contributed by atoms with Gasteiger partial charge in [0.2, 0.25) is 0 Å². The van der Waals surface area contributed by atoms with E-state index in [9.17, 15) is 9.59 Å². The zero-order chi connectivity index (χ0) is 20.3. The Balaban J connectivity index is 0.000000161. The van der Waals surface area contributed by atoms with Crippen LogP contribution in [-0.2, 0) is 0 Å². The molecule has 0 aliphatic rings. The molecule has 0 N–H and O–H groups in total. The summed E-state index contributed by atoms with van der Waals surface area (Å²) in [7, 11) is 0. The van der Waals surface area contributed by atoms with Crippen LogP contribution in [0.3, 0.4) is 0 Å². The number of fused-ring (bicyclic) bond motifs is 2. The van der Waals surface area contributed by atoms with Gasteiger partial charge in [-0.1, -0.05) is 47.5 Å². The Kier molecular flexibility index (Phi) is 6.02. The summed E-state index contributed by atoms with van der Waals surface area (Å²) in [5, 5.41) is 2.96. The van der Waals surface area contributed by atoms with Crippen molar-refractivity contribution in [1.82, 2.24) is 9.97 Å². The van der Waals surface area contributed by atoms with Crippen molar-refractivity contribution in [2.24, 2.45) is 0 Å². The van der Waals surface area contributed by atoms with Crippen molar-refractivity contribution in [3.63, 3.8) is 0 Å². The summed E-state index contributed by atoms with van der Waals surface area (Å²) in [6.45, 7) is 3.07. The van der Waals surface area contributed by atoms with Gasteiger partial charge in [0.15, 0.2) is 11.6 Å². The topological polar surface area (TPSA) is 59.9 Å². The van der Waals surface area contributed by atoms with E-state index < -0.39 is 0 Å². The van der Waals surface area contributed by atoms with Crippen LogP contribution < -0.4 is 0 Å². The van der Waals surface area contributed by atoms with E-state index in [0.29, 0.717) is 21.3 Å². The first-order chi connectivity index (χ1) is 13.3. The molecule has 0 fully saturated rings. The molecule has 0 aliphatic carbocycles. The maximum Gasteiger partial charge on any atom is 0.159 e. The average molecular weight is 411 g/mol. The number of carbonyl (C=O) groups is 2. The molecule has 0 unspecified atom stereocenters. The lowest BCUT2D eigenvalue weighted by molar-refractivity contribution is 0.100. The number of carbonyl (C=O) groups excluding carboxylic acids is 2. The number of aromatic nitrogens is 2. The fraction of sp³-hybridized carbons (Fsp3) is 0.0909. The van der Waals surface area contributed by atoms with Gasteiger partial charge in [-0.25, -0.2) is 4.98 Å². The minimum Gasteiger partial charge on any atom is -0.295 e. The van der Waals surface area contributed by atoms with Crippen molar-refractivity contribution < 1.29 is 9.59 Å². The lowest BCUT2D eigenvalue weighted by atomic mass is 10.1. The summed E-state index contributed by atoms with van der Waals surface area (Å²) < 4.78 is 0. The molecule has 140 valence electrons. The number of halogens is 2. The first kappa shape index (κ1) is 19.9. The second kappa shape index (κ2) is 8.46. The average Bonchev–Trinajstić information content (AvgIpc) is 2.67. The molecule has 0 atom stereocenters. The van der Waals surface area contributed by atoms with Crippen LogP contribution in [-0.4, -0.2) is 21.5 Å². The second-order valence-corrected chi connectivity index (χ2v) is 6.97. The van der Waals surface area contributed by atoms with E-state index in [4.69, 9.17) is 23.2 Å². The Morgan fingerprint density at radius 2 is 1.39 bits per heavy atom. The van der Waals surface area contributed by atoms with E-state index in [1.807, 2.05) is 18.2 Å². The molecule has 28 heavy (non-hydrogen) atoms. The van der Waals surface area contributed by atoms with Gasteiger partial charge in [-0.3, -0.25) is 14.6 Å². The quantitative estimate of drug-likeness (QED) is 0.292. The number of nitrogens with zero attached hydrogens (tertiary/aromatic N) is 2. The third-order valence-corrected chi connectivity index (χ3v) is 4.70. The lowest BCUT2D eigenvalue weighted by Crippen LogP contribution is -1.91.